The van der Waals surface area contributed by atoms with Gasteiger partial charge in [-0.05, 0) is 19.1 Å². The Morgan fingerprint density at radius 1 is 1.07 bits per heavy atom. The first-order chi connectivity index (χ1) is 19.5. The first-order valence-electron chi connectivity index (χ1n) is 12.6. The average Bonchev–Trinajstić information content (AvgIpc) is 2.95. The summed E-state index contributed by atoms with van der Waals surface area (Å²) in [6.45, 7) is 2.96. The molecule has 41 heavy (non-hydrogen) atoms. The van der Waals surface area contributed by atoms with Gasteiger partial charge in [0.25, 0.3) is 11.1 Å². The van der Waals surface area contributed by atoms with Crippen LogP contribution in [0.25, 0.3) is 22.0 Å². The van der Waals surface area contributed by atoms with Gasteiger partial charge in [-0.2, -0.15) is 18.3 Å². The molecule has 1 N–H and O–H groups in total. The molecule has 1 fully saturated rings. The topological polar surface area (TPSA) is 104 Å². The van der Waals surface area contributed by atoms with Gasteiger partial charge in [-0.1, -0.05) is 18.2 Å². The predicted molar refractivity (Wildman–Crippen MR) is 143 cm³/mol. The molecule has 0 saturated carbocycles. The number of halogens is 4. The number of nitrogens with one attached hydrogen (secondary N) is 1. The number of fused-ring (bicyclic) bond motifs is 1. The molecule has 0 aliphatic carbocycles. The molecule has 4 heterocycles. The number of hydrogen-bond donors (Lipinski definition) is 1. The van der Waals surface area contributed by atoms with Crippen LogP contribution in [0.3, 0.4) is 0 Å². The number of nitrogens with zero attached hydrogens (tertiary/aromatic N) is 5. The molecule has 1 aliphatic rings. The maximum Gasteiger partial charge on any atom is 0.419 e. The second kappa shape index (κ2) is 10.8. The van der Waals surface area contributed by atoms with E-state index in [1.54, 1.807) is 23.2 Å². The van der Waals surface area contributed by atoms with Crippen molar-refractivity contribution < 1.29 is 27.0 Å². The molecule has 10 nitrogen and oxygen atoms in total. The van der Waals surface area contributed by atoms with Gasteiger partial charge in [-0.3, -0.25) is 9.59 Å². The lowest BCUT2D eigenvalue weighted by Gasteiger charge is -2.31. The van der Waals surface area contributed by atoms with E-state index in [2.05, 4.69) is 15.4 Å². The van der Waals surface area contributed by atoms with Crippen LogP contribution in [0.2, 0.25) is 0 Å². The van der Waals surface area contributed by atoms with Crippen LogP contribution in [-0.2, 0) is 18.0 Å². The van der Waals surface area contributed by atoms with Crippen LogP contribution in [0.1, 0.15) is 24.1 Å². The van der Waals surface area contributed by atoms with Crippen LogP contribution in [0, 0.1) is 5.82 Å². The van der Waals surface area contributed by atoms with Crippen molar-refractivity contribution in [2.45, 2.75) is 19.1 Å². The minimum Gasteiger partial charge on any atom is -0.481 e. The normalized spacial score (nSPS) is 14.8. The first kappa shape index (κ1) is 28.1. The molecule has 0 amide bonds. The zero-order chi connectivity index (χ0) is 29.5. The minimum atomic E-state index is -4.88. The summed E-state index contributed by atoms with van der Waals surface area (Å²) >= 11 is 0. The Morgan fingerprint density at radius 3 is 2.46 bits per heavy atom. The lowest BCUT2D eigenvalue weighted by molar-refractivity contribution is -0.140. The highest BCUT2D eigenvalue weighted by Gasteiger charge is 2.35. The molecule has 1 aromatic carbocycles. The number of benzene rings is 1. The molecule has 0 spiro atoms. The van der Waals surface area contributed by atoms with Crippen LogP contribution in [0.15, 0.2) is 52.2 Å². The Hall–Kier alpha value is -4.46. The number of hydrogen-bond acceptors (Lipinski definition) is 8. The highest BCUT2D eigenvalue weighted by atomic mass is 19.4. The Bertz CT molecular complexity index is 1730. The second-order valence-electron chi connectivity index (χ2n) is 9.42. The number of anilines is 1. The number of ether oxygens (including phenoxy) is 2. The number of morpholine rings is 1. The van der Waals surface area contributed by atoms with Crippen LogP contribution < -0.4 is 26.2 Å². The fourth-order valence-electron chi connectivity index (χ4n) is 4.79. The molecule has 5 rings (SSSR count). The van der Waals surface area contributed by atoms with E-state index in [-0.39, 0.29) is 39.3 Å². The van der Waals surface area contributed by atoms with Crippen LogP contribution in [0.4, 0.5) is 23.4 Å². The smallest absolute Gasteiger partial charge is 0.419 e. The van der Waals surface area contributed by atoms with Gasteiger partial charge in [0.2, 0.25) is 5.88 Å². The monoisotopic (exact) mass is 574 g/mol. The lowest BCUT2D eigenvalue weighted by Crippen LogP contribution is -2.49. The third kappa shape index (κ3) is 5.22. The zero-order valence-electron chi connectivity index (χ0n) is 22.3. The molecule has 0 bridgehead atoms. The summed E-state index contributed by atoms with van der Waals surface area (Å²) in [7, 11) is 2.79. The summed E-state index contributed by atoms with van der Waals surface area (Å²) in [5, 5.41) is 9.17. The van der Waals surface area contributed by atoms with Crippen LogP contribution in [-0.4, -0.2) is 52.9 Å². The van der Waals surface area contributed by atoms with Gasteiger partial charge < -0.3 is 19.8 Å². The number of pyridine rings is 2. The van der Waals surface area contributed by atoms with Crippen molar-refractivity contribution in [2.24, 2.45) is 7.05 Å². The van der Waals surface area contributed by atoms with Crippen molar-refractivity contribution >= 4 is 16.6 Å². The van der Waals surface area contributed by atoms with Crippen molar-refractivity contribution in [3.63, 3.8) is 0 Å². The Morgan fingerprint density at radius 2 is 1.78 bits per heavy atom. The highest BCUT2D eigenvalue weighted by Crippen LogP contribution is 2.35. The molecule has 4 aromatic rings. The van der Waals surface area contributed by atoms with E-state index >= 15 is 0 Å². The van der Waals surface area contributed by atoms with Gasteiger partial charge in [0.15, 0.2) is 5.82 Å². The van der Waals surface area contributed by atoms with Crippen molar-refractivity contribution in [1.29, 1.82) is 0 Å². The van der Waals surface area contributed by atoms with Gasteiger partial charge in [0.1, 0.15) is 5.82 Å². The molecule has 1 aliphatic heterocycles. The largest absolute Gasteiger partial charge is 0.481 e. The summed E-state index contributed by atoms with van der Waals surface area (Å²) in [6.07, 6.45) is -3.44. The molecule has 0 unspecified atom stereocenters. The number of aromatic nitrogens is 4. The SMILES string of the molecule is COc1cccc(-c2c(=O)n(N3CCOCC3)cc3c(N[C@H](C)c4cccc(C(F)(F)F)c4F)nn(C)c(=O)c23)n1. The molecular formula is C27H26F4N6O4. The minimum absolute atomic E-state index is 0.0167. The van der Waals surface area contributed by atoms with Gasteiger partial charge in [0, 0.05) is 24.9 Å². The maximum atomic E-state index is 15.0. The summed E-state index contributed by atoms with van der Waals surface area (Å²) in [5.41, 5.74) is -2.61. The Labute approximate surface area is 230 Å². The van der Waals surface area contributed by atoms with E-state index in [1.807, 2.05) is 0 Å². The summed E-state index contributed by atoms with van der Waals surface area (Å²) < 4.78 is 68.1. The number of rotatable bonds is 6. The summed E-state index contributed by atoms with van der Waals surface area (Å²) in [6, 6.07) is 6.80. The van der Waals surface area contributed by atoms with E-state index in [0.717, 1.165) is 10.7 Å². The fourth-order valence-corrected chi connectivity index (χ4v) is 4.79. The third-order valence-corrected chi connectivity index (χ3v) is 6.84. The van der Waals surface area contributed by atoms with Crippen LogP contribution in [0.5, 0.6) is 5.88 Å². The lowest BCUT2D eigenvalue weighted by atomic mass is 10.0. The third-order valence-electron chi connectivity index (χ3n) is 6.84. The van der Waals surface area contributed by atoms with E-state index in [9.17, 15) is 27.2 Å². The summed E-state index contributed by atoms with van der Waals surface area (Å²) in [4.78, 5) is 31.8. The van der Waals surface area contributed by atoms with E-state index < -0.39 is 34.7 Å². The molecular weight excluding hydrogens is 548 g/mol. The molecule has 216 valence electrons. The zero-order valence-corrected chi connectivity index (χ0v) is 22.3. The fraction of sp³-hybridized carbons (Fsp3) is 0.333. The molecule has 0 radical (unpaired) electrons. The van der Waals surface area contributed by atoms with E-state index in [4.69, 9.17) is 9.47 Å². The Kier molecular flexibility index (Phi) is 7.43. The highest BCUT2D eigenvalue weighted by molar-refractivity contribution is 6.00. The maximum absolute atomic E-state index is 15.0. The van der Waals surface area contributed by atoms with Crippen LogP contribution >= 0.6 is 0 Å². The first-order valence-corrected chi connectivity index (χ1v) is 12.6. The van der Waals surface area contributed by atoms with Gasteiger partial charge >= 0.3 is 6.18 Å². The molecule has 3 aromatic heterocycles. The van der Waals surface area contributed by atoms with Crippen molar-refractivity contribution in [3.8, 4) is 17.1 Å². The number of aryl methyl sites for hydroxylation is 1. The Balaban J connectivity index is 1.75. The van der Waals surface area contributed by atoms with Crippen molar-refractivity contribution in [2.75, 3.05) is 43.7 Å². The second-order valence-corrected chi connectivity index (χ2v) is 9.42. The van der Waals surface area contributed by atoms with Crippen molar-refractivity contribution in [3.05, 3.63) is 80.2 Å². The molecule has 1 atom stereocenters. The average molecular weight is 575 g/mol. The van der Waals surface area contributed by atoms with Gasteiger partial charge in [-0.25, -0.2) is 18.7 Å². The van der Waals surface area contributed by atoms with E-state index in [0.29, 0.717) is 32.4 Å². The predicted octanol–water partition coefficient (Wildman–Crippen LogP) is 3.47. The van der Waals surface area contributed by atoms with Crippen molar-refractivity contribution in [1.82, 2.24) is 19.4 Å². The summed E-state index contributed by atoms with van der Waals surface area (Å²) in [5.74, 6) is -1.15. The van der Waals surface area contributed by atoms with E-state index in [1.165, 1.54) is 38.0 Å². The molecule has 1 saturated heterocycles. The van der Waals surface area contributed by atoms with Gasteiger partial charge in [-0.15, -0.1) is 0 Å². The number of methoxy groups -OCH3 is 1. The standard InChI is InChI=1S/C27H26F4N6O4/c1-15(16-6-4-7-18(23(16)28)27(29,30)31)32-24-17-14-37(36-10-12-41-13-11-36)26(39)22(21(17)25(38)35(2)34-24)19-8-5-9-20(33-19)40-3/h4-9,14-15H,10-13H2,1-3H3,(H,32,34)/t15-/m1/s1. The number of alkyl halides is 3. The molecule has 14 heteroatoms. The van der Waals surface area contributed by atoms with Gasteiger partial charge in [0.05, 0.1) is 67.0 Å². The quantitative estimate of drug-likeness (QED) is 0.350.